The molecule has 0 saturated carbocycles. The Hall–Kier alpha value is -3.49. The van der Waals surface area contributed by atoms with Crippen molar-refractivity contribution in [1.82, 2.24) is 0 Å². The van der Waals surface area contributed by atoms with Crippen LogP contribution in [0.15, 0.2) is 53.9 Å². The number of rotatable bonds is 4. The lowest BCUT2D eigenvalue weighted by molar-refractivity contribution is -0.387. The van der Waals surface area contributed by atoms with E-state index in [-0.39, 0.29) is 17.0 Å². The number of hydrogen-bond donors (Lipinski definition) is 0. The van der Waals surface area contributed by atoms with Gasteiger partial charge in [0.25, 0.3) is 0 Å². The number of hydrogen-bond acceptors (Lipinski definition) is 7. The van der Waals surface area contributed by atoms with Crippen LogP contribution in [0.25, 0.3) is 0 Å². The first kappa shape index (κ1) is 17.9. The molecule has 1 aliphatic rings. The molecule has 25 heavy (non-hydrogen) atoms. The van der Waals surface area contributed by atoms with Gasteiger partial charge >= 0.3 is 17.6 Å². The van der Waals surface area contributed by atoms with Crippen LogP contribution >= 0.6 is 0 Å². The van der Waals surface area contributed by atoms with E-state index in [4.69, 9.17) is 4.74 Å². The molecule has 0 unspecified atom stereocenters. The summed E-state index contributed by atoms with van der Waals surface area (Å²) in [6.07, 6.45) is 5.71. The van der Waals surface area contributed by atoms with Crippen LogP contribution in [0, 0.1) is 15.9 Å². The van der Waals surface area contributed by atoms with E-state index in [0.29, 0.717) is 0 Å². The molecule has 130 valence electrons. The molecular weight excluding hydrogens is 335 g/mol. The molecular formula is C16H13FN2O6. The molecule has 8 nitrogen and oxygen atoms in total. The quantitative estimate of drug-likeness (QED) is 0.467. The van der Waals surface area contributed by atoms with Gasteiger partial charge in [-0.1, -0.05) is 6.08 Å². The van der Waals surface area contributed by atoms with Gasteiger partial charge in [0.2, 0.25) is 5.82 Å². The van der Waals surface area contributed by atoms with Crippen LogP contribution in [-0.2, 0) is 19.1 Å². The van der Waals surface area contributed by atoms with E-state index >= 15 is 0 Å². The average Bonchev–Trinajstić information content (AvgIpc) is 2.82. The summed E-state index contributed by atoms with van der Waals surface area (Å²) < 4.78 is 23.3. The Morgan fingerprint density at radius 2 is 1.84 bits per heavy atom. The summed E-state index contributed by atoms with van der Waals surface area (Å²) in [5, 5.41) is 10.7. The number of ether oxygens (including phenoxy) is 2. The van der Waals surface area contributed by atoms with Crippen LogP contribution in [0.3, 0.4) is 0 Å². The smallest absolute Gasteiger partial charge is 0.355 e. The second-order valence-corrected chi connectivity index (χ2v) is 4.71. The summed E-state index contributed by atoms with van der Waals surface area (Å²) in [4.78, 5) is 35.2. The fourth-order valence-electron chi connectivity index (χ4n) is 2.16. The maximum Gasteiger partial charge on any atom is 0.355 e. The highest BCUT2D eigenvalue weighted by Crippen LogP contribution is 2.29. The zero-order valence-electron chi connectivity index (χ0n) is 13.3. The van der Waals surface area contributed by atoms with Crippen molar-refractivity contribution < 1.29 is 28.4 Å². The molecule has 0 radical (unpaired) electrons. The van der Waals surface area contributed by atoms with Crippen molar-refractivity contribution in [1.29, 1.82) is 0 Å². The molecule has 0 amide bonds. The van der Waals surface area contributed by atoms with Gasteiger partial charge < -0.3 is 14.4 Å². The molecule has 1 aliphatic heterocycles. The van der Waals surface area contributed by atoms with Crippen molar-refractivity contribution in [3.63, 3.8) is 0 Å². The molecule has 9 heteroatoms. The summed E-state index contributed by atoms with van der Waals surface area (Å²) in [5.41, 5.74) is -0.951. The first-order valence-corrected chi connectivity index (χ1v) is 6.89. The predicted molar refractivity (Wildman–Crippen MR) is 84.9 cm³/mol. The molecule has 0 atom stereocenters. The zero-order chi connectivity index (χ0) is 18.6. The summed E-state index contributed by atoms with van der Waals surface area (Å²) in [5.74, 6) is -2.75. The van der Waals surface area contributed by atoms with Crippen molar-refractivity contribution in [2.24, 2.45) is 0 Å². The molecule has 1 aromatic carbocycles. The van der Waals surface area contributed by atoms with Crippen LogP contribution in [0.2, 0.25) is 0 Å². The van der Waals surface area contributed by atoms with Crippen molar-refractivity contribution in [3.8, 4) is 0 Å². The predicted octanol–water partition coefficient (Wildman–Crippen LogP) is 2.22. The van der Waals surface area contributed by atoms with Crippen molar-refractivity contribution in [3.05, 3.63) is 69.8 Å². The third-order valence-electron chi connectivity index (χ3n) is 3.30. The molecule has 0 N–H and O–H groups in total. The van der Waals surface area contributed by atoms with Gasteiger partial charge in [0.05, 0.1) is 24.7 Å². The highest BCUT2D eigenvalue weighted by molar-refractivity contribution is 6.05. The fourth-order valence-corrected chi connectivity index (χ4v) is 2.16. The first-order valence-electron chi connectivity index (χ1n) is 6.89. The van der Waals surface area contributed by atoms with Gasteiger partial charge in [0, 0.05) is 24.0 Å². The minimum Gasteiger partial charge on any atom is -0.465 e. The van der Waals surface area contributed by atoms with Gasteiger partial charge in [-0.15, -0.1) is 0 Å². The molecule has 0 saturated heterocycles. The van der Waals surface area contributed by atoms with Gasteiger partial charge in [0.15, 0.2) is 0 Å². The number of methoxy groups -OCH3 is 2. The minimum absolute atomic E-state index is 0.0878. The summed E-state index contributed by atoms with van der Waals surface area (Å²) in [7, 11) is 2.27. The lowest BCUT2D eigenvalue weighted by atomic mass is 10.1. The van der Waals surface area contributed by atoms with Crippen LogP contribution in [0.4, 0.5) is 15.8 Å². The van der Waals surface area contributed by atoms with Gasteiger partial charge in [-0.3, -0.25) is 10.1 Å². The standard InChI is InChI=1S/C16H13FN2O6/c1-24-15(20)11-5-3-4-8-18(14(11)16(21)25-2)10-6-7-13(19(22)23)12(17)9-10/h3-9H,1-2H3. The number of carbonyl (C=O) groups is 2. The topological polar surface area (TPSA) is 99.0 Å². The third kappa shape index (κ3) is 3.55. The summed E-state index contributed by atoms with van der Waals surface area (Å²) in [6.45, 7) is 0. The Morgan fingerprint density at radius 3 is 2.40 bits per heavy atom. The highest BCUT2D eigenvalue weighted by Gasteiger charge is 2.28. The van der Waals surface area contributed by atoms with E-state index in [1.54, 1.807) is 0 Å². The van der Waals surface area contributed by atoms with E-state index < -0.39 is 28.4 Å². The Bertz CT molecular complexity index is 828. The Kier molecular flexibility index (Phi) is 5.28. The van der Waals surface area contributed by atoms with Crippen LogP contribution < -0.4 is 4.90 Å². The molecule has 1 aromatic rings. The minimum atomic E-state index is -1.09. The number of nitro benzene ring substituents is 1. The first-order chi connectivity index (χ1) is 11.9. The number of nitro groups is 1. The molecule has 0 bridgehead atoms. The van der Waals surface area contributed by atoms with E-state index in [2.05, 4.69) is 4.74 Å². The Labute approximate surface area is 141 Å². The second-order valence-electron chi connectivity index (χ2n) is 4.71. The third-order valence-corrected chi connectivity index (χ3v) is 3.30. The van der Waals surface area contributed by atoms with Crippen LogP contribution in [0.5, 0.6) is 0 Å². The number of allylic oxidation sites excluding steroid dienone is 2. The number of anilines is 1. The van der Waals surface area contributed by atoms with E-state index in [0.717, 1.165) is 26.4 Å². The number of nitrogens with zero attached hydrogens (tertiary/aromatic N) is 2. The van der Waals surface area contributed by atoms with Gasteiger partial charge in [-0.2, -0.15) is 4.39 Å². The molecule has 0 aromatic heterocycles. The summed E-state index contributed by atoms with van der Waals surface area (Å²) >= 11 is 0. The number of halogens is 1. The van der Waals surface area contributed by atoms with Crippen molar-refractivity contribution in [2.75, 3.05) is 19.1 Å². The molecule has 1 heterocycles. The maximum atomic E-state index is 14.0. The molecule has 0 fully saturated rings. The number of benzene rings is 1. The molecule has 2 rings (SSSR count). The van der Waals surface area contributed by atoms with E-state index in [1.807, 2.05) is 0 Å². The lowest BCUT2D eigenvalue weighted by Crippen LogP contribution is -2.27. The van der Waals surface area contributed by atoms with E-state index in [9.17, 15) is 24.1 Å². The second kappa shape index (κ2) is 7.39. The van der Waals surface area contributed by atoms with Crippen LogP contribution in [0.1, 0.15) is 0 Å². The SMILES string of the molecule is COC(=O)C1=C(C(=O)OC)N(c2ccc([N+](=O)[O-])c(F)c2)C=CC=C1. The molecule has 0 spiro atoms. The number of carbonyl (C=O) groups excluding carboxylic acids is 2. The number of esters is 2. The lowest BCUT2D eigenvalue weighted by Gasteiger charge is -2.23. The summed E-state index contributed by atoms with van der Waals surface area (Å²) in [6, 6.07) is 3.09. The van der Waals surface area contributed by atoms with Crippen molar-refractivity contribution >= 4 is 23.3 Å². The highest BCUT2D eigenvalue weighted by atomic mass is 19.1. The largest absolute Gasteiger partial charge is 0.465 e. The van der Waals surface area contributed by atoms with Crippen LogP contribution in [-0.4, -0.2) is 31.1 Å². The Balaban J connectivity index is 2.64. The van der Waals surface area contributed by atoms with Gasteiger partial charge in [-0.25, -0.2) is 9.59 Å². The van der Waals surface area contributed by atoms with Gasteiger partial charge in [0.1, 0.15) is 5.70 Å². The van der Waals surface area contributed by atoms with Gasteiger partial charge in [-0.05, 0) is 18.2 Å². The maximum absolute atomic E-state index is 14.0. The monoisotopic (exact) mass is 348 g/mol. The molecule has 0 aliphatic carbocycles. The zero-order valence-corrected chi connectivity index (χ0v) is 13.3. The normalized spacial score (nSPS) is 13.5. The Morgan fingerprint density at radius 1 is 1.16 bits per heavy atom. The van der Waals surface area contributed by atoms with Crippen molar-refractivity contribution in [2.45, 2.75) is 0 Å². The average molecular weight is 348 g/mol. The van der Waals surface area contributed by atoms with E-state index in [1.165, 1.54) is 35.4 Å². The fraction of sp³-hybridized carbons (Fsp3) is 0.125.